The summed E-state index contributed by atoms with van der Waals surface area (Å²) in [7, 11) is -1.23. The molecule has 0 aliphatic carbocycles. The topological polar surface area (TPSA) is 46.2 Å². The smallest absolute Gasteiger partial charge is 0.258 e. The molecular formula is C17H17NO2S2. The number of fused-ring (bicyclic) bond motifs is 1. The molecule has 0 fully saturated rings. The van der Waals surface area contributed by atoms with Crippen LogP contribution in [0.2, 0.25) is 0 Å². The lowest BCUT2D eigenvalue weighted by Gasteiger charge is -2.14. The molecule has 2 aromatic carbocycles. The summed E-state index contributed by atoms with van der Waals surface area (Å²) in [6.07, 6.45) is 4.40. The number of hydrogen-bond donors (Lipinski definition) is 2. The first-order valence-corrected chi connectivity index (χ1v) is 10.1. The highest BCUT2D eigenvalue weighted by atomic mass is 33.1. The zero-order valence-electron chi connectivity index (χ0n) is 12.6. The van der Waals surface area contributed by atoms with E-state index in [1.807, 2.05) is 37.6 Å². The number of carbonyl (C=O) groups excluding carboxylic acids is 2. The van der Waals surface area contributed by atoms with Crippen molar-refractivity contribution in [1.29, 1.82) is 0 Å². The standard InChI is InChI=1S/C17H17NO2S2/c1-12-7-8-13(9-10-22(2,3)21)14-5-4-6-15(16(12)14)17(20)18-11-19/h4-8,11,21H,1-3H3,(H,18,19,20). The predicted molar refractivity (Wildman–Crippen MR) is 97.5 cm³/mol. The average molecular weight is 331 g/mol. The van der Waals surface area contributed by atoms with Crippen LogP contribution in [0.4, 0.5) is 0 Å². The molecule has 0 heterocycles. The molecule has 3 nitrogen and oxygen atoms in total. The van der Waals surface area contributed by atoms with Gasteiger partial charge in [-0.2, -0.15) is 0 Å². The van der Waals surface area contributed by atoms with E-state index in [0.717, 1.165) is 21.9 Å². The zero-order chi connectivity index (χ0) is 16.3. The SMILES string of the molecule is Cc1ccc(C#CS(C)(C)S)c2cccc(C(=O)NC=O)c12. The summed E-state index contributed by atoms with van der Waals surface area (Å²) in [6, 6.07) is 9.32. The summed E-state index contributed by atoms with van der Waals surface area (Å²) in [5, 5.41) is 7.08. The lowest BCUT2D eigenvalue weighted by molar-refractivity contribution is -0.108. The summed E-state index contributed by atoms with van der Waals surface area (Å²) in [4.78, 5) is 22.6. The maximum atomic E-state index is 12.1. The minimum absolute atomic E-state index is 0.396. The zero-order valence-corrected chi connectivity index (χ0v) is 14.3. The number of thiol groups is 1. The molecule has 0 unspecified atom stereocenters. The van der Waals surface area contributed by atoms with Gasteiger partial charge in [0.05, 0.1) is 0 Å². The van der Waals surface area contributed by atoms with Crippen LogP contribution in [-0.2, 0) is 4.79 Å². The molecule has 0 atom stereocenters. The van der Waals surface area contributed by atoms with Crippen LogP contribution in [0.15, 0.2) is 30.3 Å². The third-order valence-electron chi connectivity index (χ3n) is 3.12. The fourth-order valence-corrected chi connectivity index (χ4v) is 2.69. The molecule has 5 heteroatoms. The van der Waals surface area contributed by atoms with Crippen LogP contribution in [0, 0.1) is 18.1 Å². The minimum atomic E-state index is -1.23. The van der Waals surface area contributed by atoms with Gasteiger partial charge in [0.25, 0.3) is 5.91 Å². The fourth-order valence-electron chi connectivity index (χ4n) is 2.19. The van der Waals surface area contributed by atoms with Gasteiger partial charge in [-0.05, 0) is 53.2 Å². The third-order valence-corrected chi connectivity index (χ3v) is 3.99. The molecule has 22 heavy (non-hydrogen) atoms. The van der Waals surface area contributed by atoms with Crippen LogP contribution in [0.1, 0.15) is 21.5 Å². The Hall–Kier alpha value is -1.90. The Labute approximate surface area is 136 Å². The molecule has 0 spiro atoms. The lowest BCUT2D eigenvalue weighted by Crippen LogP contribution is -2.21. The molecule has 2 amide bonds. The average Bonchev–Trinajstić information content (AvgIpc) is 2.45. The van der Waals surface area contributed by atoms with Crippen molar-refractivity contribution < 1.29 is 9.59 Å². The molecule has 0 saturated carbocycles. The van der Waals surface area contributed by atoms with E-state index in [-0.39, 0.29) is 0 Å². The van der Waals surface area contributed by atoms with Crippen molar-refractivity contribution in [3.63, 3.8) is 0 Å². The van der Waals surface area contributed by atoms with Crippen LogP contribution in [0.25, 0.3) is 10.8 Å². The van der Waals surface area contributed by atoms with Gasteiger partial charge in [0.2, 0.25) is 6.41 Å². The van der Waals surface area contributed by atoms with Gasteiger partial charge in [0.1, 0.15) is 0 Å². The Kier molecular flexibility index (Phi) is 4.84. The van der Waals surface area contributed by atoms with Crippen molar-refractivity contribution >= 4 is 43.8 Å². The van der Waals surface area contributed by atoms with Crippen molar-refractivity contribution in [3.05, 3.63) is 47.0 Å². The number of nitrogens with one attached hydrogen (secondary N) is 1. The number of imide groups is 1. The number of amides is 2. The first-order valence-electron chi connectivity index (χ1n) is 6.59. The highest BCUT2D eigenvalue weighted by Gasteiger charge is 2.13. The summed E-state index contributed by atoms with van der Waals surface area (Å²) in [5.74, 6) is 2.75. The molecule has 2 rings (SSSR count). The molecule has 114 valence electrons. The number of carbonyl (C=O) groups is 2. The van der Waals surface area contributed by atoms with Gasteiger partial charge in [0, 0.05) is 11.1 Å². The Morgan fingerprint density at radius 3 is 2.64 bits per heavy atom. The second-order valence-electron chi connectivity index (χ2n) is 5.25. The molecule has 0 radical (unpaired) electrons. The fraction of sp³-hybridized carbons (Fsp3) is 0.176. The van der Waals surface area contributed by atoms with Crippen molar-refractivity contribution in [2.75, 3.05) is 12.5 Å². The number of benzene rings is 2. The van der Waals surface area contributed by atoms with Gasteiger partial charge in [-0.25, -0.2) is 0 Å². The summed E-state index contributed by atoms with van der Waals surface area (Å²) >= 11 is 4.49. The maximum absolute atomic E-state index is 12.1. The molecule has 0 saturated heterocycles. The van der Waals surface area contributed by atoms with E-state index in [1.54, 1.807) is 12.1 Å². The van der Waals surface area contributed by atoms with E-state index in [1.165, 1.54) is 0 Å². The molecule has 0 aliphatic rings. The predicted octanol–water partition coefficient (Wildman–Crippen LogP) is 3.25. The van der Waals surface area contributed by atoms with Crippen LogP contribution in [0.3, 0.4) is 0 Å². The van der Waals surface area contributed by atoms with Crippen molar-refractivity contribution in [3.8, 4) is 11.2 Å². The molecule has 0 aromatic heterocycles. The largest absolute Gasteiger partial charge is 0.295 e. The molecular weight excluding hydrogens is 314 g/mol. The van der Waals surface area contributed by atoms with E-state index >= 15 is 0 Å². The Balaban J connectivity index is 2.71. The monoisotopic (exact) mass is 331 g/mol. The van der Waals surface area contributed by atoms with Crippen molar-refractivity contribution in [2.45, 2.75) is 6.92 Å². The number of rotatable bonds is 2. The highest BCUT2D eigenvalue weighted by molar-refractivity contribution is 8.89. The normalized spacial score (nSPS) is 11.5. The molecule has 0 aliphatic heterocycles. The van der Waals surface area contributed by atoms with E-state index in [9.17, 15) is 9.59 Å². The maximum Gasteiger partial charge on any atom is 0.258 e. The first kappa shape index (κ1) is 16.5. The van der Waals surface area contributed by atoms with Crippen LogP contribution < -0.4 is 5.32 Å². The number of hydrogen-bond acceptors (Lipinski definition) is 3. The Bertz CT molecular complexity index is 811. The van der Waals surface area contributed by atoms with Gasteiger partial charge < -0.3 is 0 Å². The van der Waals surface area contributed by atoms with Crippen LogP contribution in [0.5, 0.6) is 0 Å². The Morgan fingerprint density at radius 1 is 1.27 bits per heavy atom. The van der Waals surface area contributed by atoms with Crippen LogP contribution in [-0.4, -0.2) is 24.8 Å². The van der Waals surface area contributed by atoms with E-state index in [4.69, 9.17) is 0 Å². The van der Waals surface area contributed by atoms with Crippen LogP contribution >= 0.6 is 20.7 Å². The van der Waals surface area contributed by atoms with Gasteiger partial charge in [-0.3, -0.25) is 14.9 Å². The first-order chi connectivity index (χ1) is 10.3. The number of aryl methyl sites for hydroxylation is 1. The van der Waals surface area contributed by atoms with E-state index < -0.39 is 15.0 Å². The van der Waals surface area contributed by atoms with Gasteiger partial charge >= 0.3 is 0 Å². The van der Waals surface area contributed by atoms with Gasteiger partial charge in [-0.15, -0.1) is 20.7 Å². The highest BCUT2D eigenvalue weighted by Crippen LogP contribution is 2.43. The van der Waals surface area contributed by atoms with E-state index in [0.29, 0.717) is 12.0 Å². The van der Waals surface area contributed by atoms with Gasteiger partial charge in [0.15, 0.2) is 0 Å². The summed E-state index contributed by atoms with van der Waals surface area (Å²) in [6.45, 7) is 1.94. The van der Waals surface area contributed by atoms with Crippen molar-refractivity contribution in [2.24, 2.45) is 0 Å². The summed E-state index contributed by atoms with van der Waals surface area (Å²) in [5.41, 5.74) is 2.30. The van der Waals surface area contributed by atoms with Crippen molar-refractivity contribution in [1.82, 2.24) is 5.32 Å². The minimum Gasteiger partial charge on any atom is -0.295 e. The van der Waals surface area contributed by atoms with E-state index in [2.05, 4.69) is 28.2 Å². The second kappa shape index (κ2) is 6.47. The quantitative estimate of drug-likeness (QED) is 0.384. The summed E-state index contributed by atoms with van der Waals surface area (Å²) < 4.78 is 0. The van der Waals surface area contributed by atoms with Gasteiger partial charge in [-0.1, -0.05) is 24.1 Å². The second-order valence-corrected chi connectivity index (χ2v) is 10.7. The molecule has 0 bridgehead atoms. The molecule has 2 aromatic rings. The Morgan fingerprint density at radius 2 is 2.00 bits per heavy atom. The third kappa shape index (κ3) is 3.65. The molecule has 1 N–H and O–H groups in total. The lowest BCUT2D eigenvalue weighted by atomic mass is 9.96.